The van der Waals surface area contributed by atoms with E-state index in [-0.39, 0.29) is 17.4 Å². The number of hydrogen-bond donors (Lipinski definition) is 0. The topological polar surface area (TPSA) is 20.3 Å². The van der Waals surface area contributed by atoms with E-state index < -0.39 is 0 Å². The second kappa shape index (κ2) is 5.52. The molecule has 1 aliphatic carbocycles. The van der Waals surface area contributed by atoms with Gasteiger partial charge in [-0.1, -0.05) is 32.4 Å². The van der Waals surface area contributed by atoms with E-state index in [9.17, 15) is 4.79 Å². The number of nitrogens with zero attached hydrogens (tertiary/aromatic N) is 1. The maximum absolute atomic E-state index is 13.2. The van der Waals surface area contributed by atoms with Gasteiger partial charge in [-0.05, 0) is 55.0 Å². The fraction of sp³-hybridized carbons (Fsp3) is 0.632. The van der Waals surface area contributed by atoms with Crippen molar-refractivity contribution in [3.8, 4) is 0 Å². The maximum Gasteiger partial charge on any atom is 0.227 e. The summed E-state index contributed by atoms with van der Waals surface area (Å²) in [6.07, 6.45) is 4.33. The number of fused-ring (bicyclic) bond motifs is 1. The Morgan fingerprint density at radius 3 is 2.82 bits per heavy atom. The van der Waals surface area contributed by atoms with Crippen molar-refractivity contribution >= 4 is 17.2 Å². The van der Waals surface area contributed by atoms with Gasteiger partial charge in [-0.15, -0.1) is 11.3 Å². The zero-order valence-electron chi connectivity index (χ0n) is 14.3. The molecule has 1 aromatic heterocycles. The Morgan fingerprint density at radius 1 is 1.45 bits per heavy atom. The van der Waals surface area contributed by atoms with Crippen LogP contribution in [0.25, 0.3) is 0 Å². The first kappa shape index (κ1) is 15.8. The van der Waals surface area contributed by atoms with Gasteiger partial charge >= 0.3 is 0 Å². The molecule has 1 saturated carbocycles. The quantitative estimate of drug-likeness (QED) is 0.732. The van der Waals surface area contributed by atoms with Crippen LogP contribution in [0.4, 0.5) is 0 Å². The van der Waals surface area contributed by atoms with Crippen LogP contribution in [0.5, 0.6) is 0 Å². The lowest BCUT2D eigenvalue weighted by atomic mass is 9.96. The Morgan fingerprint density at radius 2 is 2.18 bits per heavy atom. The number of rotatable bonds is 3. The molecule has 0 bridgehead atoms. The zero-order valence-corrected chi connectivity index (χ0v) is 15.2. The summed E-state index contributed by atoms with van der Waals surface area (Å²) >= 11 is 1.84. The van der Waals surface area contributed by atoms with Gasteiger partial charge in [0, 0.05) is 11.4 Å². The molecule has 1 fully saturated rings. The molecule has 3 unspecified atom stereocenters. The molecule has 3 rings (SSSR count). The van der Waals surface area contributed by atoms with Gasteiger partial charge in [-0.2, -0.15) is 0 Å². The van der Waals surface area contributed by atoms with Crippen molar-refractivity contribution in [2.24, 2.45) is 17.3 Å². The molecule has 0 spiro atoms. The minimum Gasteiger partial charge on any atom is -0.335 e. The van der Waals surface area contributed by atoms with Crippen LogP contribution in [0.15, 0.2) is 23.1 Å². The van der Waals surface area contributed by atoms with E-state index in [4.69, 9.17) is 0 Å². The van der Waals surface area contributed by atoms with Crippen molar-refractivity contribution in [3.05, 3.63) is 33.5 Å². The Bertz CT molecular complexity index is 609. The highest BCUT2D eigenvalue weighted by molar-refractivity contribution is 7.10. The van der Waals surface area contributed by atoms with Gasteiger partial charge in [0.2, 0.25) is 5.91 Å². The number of amides is 1. The molecule has 2 aliphatic rings. The first-order valence-corrected chi connectivity index (χ1v) is 9.27. The highest BCUT2D eigenvalue weighted by Crippen LogP contribution is 2.60. The van der Waals surface area contributed by atoms with E-state index in [1.807, 2.05) is 11.3 Å². The van der Waals surface area contributed by atoms with E-state index in [1.165, 1.54) is 16.0 Å². The Kier molecular flexibility index (Phi) is 3.96. The molecule has 0 saturated heterocycles. The SMILES string of the molecule is CCC1c2ccsc2CCN1C(=O)C1C(C=C(C)C)C1(C)C. The van der Waals surface area contributed by atoms with Crippen LogP contribution < -0.4 is 0 Å². The fourth-order valence-electron chi connectivity index (χ4n) is 4.10. The summed E-state index contributed by atoms with van der Waals surface area (Å²) in [6, 6.07) is 2.51. The summed E-state index contributed by atoms with van der Waals surface area (Å²) < 4.78 is 0. The maximum atomic E-state index is 13.2. The summed E-state index contributed by atoms with van der Waals surface area (Å²) in [5.41, 5.74) is 2.82. The second-order valence-electron chi connectivity index (χ2n) is 7.57. The minimum atomic E-state index is 0.113. The normalized spacial score (nSPS) is 29.0. The average molecular weight is 317 g/mol. The van der Waals surface area contributed by atoms with E-state index in [0.29, 0.717) is 11.8 Å². The lowest BCUT2D eigenvalue weighted by molar-refractivity contribution is -0.136. The van der Waals surface area contributed by atoms with Crippen molar-refractivity contribution in [1.82, 2.24) is 4.90 Å². The molecule has 1 aliphatic heterocycles. The molecular weight excluding hydrogens is 290 g/mol. The molecule has 1 aromatic rings. The molecular formula is C19H27NOS. The van der Waals surface area contributed by atoms with E-state index in [1.54, 1.807) is 0 Å². The predicted molar refractivity (Wildman–Crippen MR) is 93.0 cm³/mol. The zero-order chi connectivity index (χ0) is 16.1. The van der Waals surface area contributed by atoms with Gasteiger partial charge in [0.25, 0.3) is 0 Å². The number of carbonyl (C=O) groups is 1. The predicted octanol–water partition coefficient (Wildman–Crippen LogP) is 4.82. The Balaban J connectivity index is 1.83. The molecule has 2 nitrogen and oxygen atoms in total. The Labute approximate surface area is 138 Å². The van der Waals surface area contributed by atoms with Crippen molar-refractivity contribution in [1.29, 1.82) is 0 Å². The Hall–Kier alpha value is -1.09. The first-order valence-electron chi connectivity index (χ1n) is 8.39. The summed E-state index contributed by atoms with van der Waals surface area (Å²) in [6.45, 7) is 11.8. The van der Waals surface area contributed by atoms with E-state index in [2.05, 4.69) is 57.0 Å². The average Bonchev–Trinajstić information content (AvgIpc) is 2.83. The molecule has 0 aromatic carbocycles. The first-order chi connectivity index (χ1) is 10.4. The number of carbonyl (C=O) groups excluding carboxylic acids is 1. The van der Waals surface area contributed by atoms with Gasteiger partial charge in [0.1, 0.15) is 0 Å². The minimum absolute atomic E-state index is 0.113. The van der Waals surface area contributed by atoms with Crippen molar-refractivity contribution < 1.29 is 4.79 Å². The van der Waals surface area contributed by atoms with Crippen molar-refractivity contribution in [2.45, 2.75) is 53.5 Å². The summed E-state index contributed by atoms with van der Waals surface area (Å²) in [5.74, 6) is 0.944. The van der Waals surface area contributed by atoms with Crippen LogP contribution in [0.2, 0.25) is 0 Å². The molecule has 3 heteroatoms. The molecule has 1 amide bonds. The number of allylic oxidation sites excluding steroid dienone is 2. The van der Waals surface area contributed by atoms with Crippen molar-refractivity contribution in [3.63, 3.8) is 0 Å². The third-order valence-corrected chi connectivity index (χ3v) is 6.45. The molecule has 0 radical (unpaired) electrons. The fourth-order valence-corrected chi connectivity index (χ4v) is 5.03. The third kappa shape index (κ3) is 2.44. The monoisotopic (exact) mass is 317 g/mol. The highest BCUT2D eigenvalue weighted by Gasteiger charge is 2.61. The van der Waals surface area contributed by atoms with Gasteiger partial charge < -0.3 is 4.90 Å². The number of hydrogen-bond acceptors (Lipinski definition) is 2. The molecule has 0 N–H and O–H groups in total. The van der Waals surface area contributed by atoms with Gasteiger partial charge in [-0.3, -0.25) is 4.79 Å². The third-order valence-electron chi connectivity index (χ3n) is 5.45. The summed E-state index contributed by atoms with van der Waals surface area (Å²) in [5, 5.41) is 2.17. The lowest BCUT2D eigenvalue weighted by Crippen LogP contribution is -2.41. The molecule has 3 atom stereocenters. The van der Waals surface area contributed by atoms with Gasteiger partial charge in [0.05, 0.1) is 12.0 Å². The highest BCUT2D eigenvalue weighted by atomic mass is 32.1. The molecule has 2 heterocycles. The van der Waals surface area contributed by atoms with E-state index in [0.717, 1.165) is 19.4 Å². The summed E-state index contributed by atoms with van der Waals surface area (Å²) in [4.78, 5) is 16.8. The van der Waals surface area contributed by atoms with Gasteiger partial charge in [-0.25, -0.2) is 0 Å². The largest absolute Gasteiger partial charge is 0.335 e. The molecule has 22 heavy (non-hydrogen) atoms. The standard InChI is InChI=1S/C19H27NOS/c1-6-15-13-8-10-22-16(13)7-9-20(15)18(21)17-14(11-12(2)3)19(17,4)5/h8,10-11,14-15,17H,6-7,9H2,1-5H3. The van der Waals surface area contributed by atoms with Crippen LogP contribution in [0.3, 0.4) is 0 Å². The second-order valence-corrected chi connectivity index (χ2v) is 8.57. The lowest BCUT2D eigenvalue weighted by Gasteiger charge is -2.36. The van der Waals surface area contributed by atoms with Crippen LogP contribution >= 0.6 is 11.3 Å². The number of thiophene rings is 1. The van der Waals surface area contributed by atoms with Crippen LogP contribution in [0.1, 0.15) is 57.5 Å². The van der Waals surface area contributed by atoms with Crippen LogP contribution in [-0.2, 0) is 11.2 Å². The van der Waals surface area contributed by atoms with Gasteiger partial charge in [0.15, 0.2) is 0 Å². The van der Waals surface area contributed by atoms with Crippen LogP contribution in [0, 0.1) is 17.3 Å². The van der Waals surface area contributed by atoms with Crippen molar-refractivity contribution in [2.75, 3.05) is 6.54 Å². The van der Waals surface area contributed by atoms with Crippen LogP contribution in [-0.4, -0.2) is 17.4 Å². The van der Waals surface area contributed by atoms with E-state index >= 15 is 0 Å². The molecule has 120 valence electrons. The smallest absolute Gasteiger partial charge is 0.227 e. The summed E-state index contributed by atoms with van der Waals surface area (Å²) in [7, 11) is 0.